The first-order chi connectivity index (χ1) is 5.31. The van der Waals surface area contributed by atoms with Crippen LogP contribution in [0.1, 0.15) is 32.6 Å². The Kier molecular flexibility index (Phi) is 1.92. The second-order valence-corrected chi connectivity index (χ2v) is 4.50. The minimum atomic E-state index is 0.397. The van der Waals surface area contributed by atoms with Crippen LogP contribution in [-0.4, -0.2) is 11.7 Å². The quantitative estimate of drug-likeness (QED) is 0.645. The highest BCUT2D eigenvalue weighted by Gasteiger charge is 2.41. The molecule has 64 valence electrons. The first-order valence-corrected chi connectivity index (χ1v) is 4.92. The van der Waals surface area contributed by atoms with Crippen LogP contribution in [0.5, 0.6) is 0 Å². The lowest BCUT2D eigenvalue weighted by atomic mass is 9.81. The summed E-state index contributed by atoms with van der Waals surface area (Å²) in [6.07, 6.45) is 5.79. The fraction of sp³-hybridized carbons (Fsp3) is 1.00. The van der Waals surface area contributed by atoms with E-state index in [0.717, 1.165) is 17.8 Å². The Hall–Kier alpha value is -0.0400. The molecule has 0 aromatic carbocycles. The number of hydrogen-bond acceptors (Lipinski definition) is 1. The zero-order valence-corrected chi connectivity index (χ0v) is 7.29. The zero-order valence-electron chi connectivity index (χ0n) is 7.29. The highest BCUT2D eigenvalue weighted by molar-refractivity contribution is 4.91. The first-order valence-electron chi connectivity index (χ1n) is 4.92. The first kappa shape index (κ1) is 7.60. The average molecular weight is 154 g/mol. The van der Waals surface area contributed by atoms with Gasteiger partial charge < -0.3 is 5.11 Å². The molecule has 11 heavy (non-hydrogen) atoms. The minimum absolute atomic E-state index is 0.397. The summed E-state index contributed by atoms with van der Waals surface area (Å²) >= 11 is 0. The molecule has 2 rings (SSSR count). The van der Waals surface area contributed by atoms with Gasteiger partial charge in [-0.3, -0.25) is 0 Å². The summed E-state index contributed by atoms with van der Waals surface area (Å²) in [4.78, 5) is 0. The zero-order chi connectivity index (χ0) is 7.84. The molecule has 2 saturated carbocycles. The highest BCUT2D eigenvalue weighted by Crippen LogP contribution is 2.50. The molecule has 1 heteroatoms. The monoisotopic (exact) mass is 154 g/mol. The lowest BCUT2D eigenvalue weighted by Gasteiger charge is -2.26. The maximum absolute atomic E-state index is 9.02. The molecule has 0 heterocycles. The molecule has 3 unspecified atom stereocenters. The van der Waals surface area contributed by atoms with Gasteiger partial charge in [-0.05, 0) is 42.9 Å². The molecule has 2 bridgehead atoms. The minimum Gasteiger partial charge on any atom is -0.396 e. The molecule has 1 N–H and O–H groups in total. The number of rotatable bonds is 2. The molecule has 0 aromatic rings. The van der Waals surface area contributed by atoms with E-state index >= 15 is 0 Å². The van der Waals surface area contributed by atoms with Gasteiger partial charge in [-0.25, -0.2) is 0 Å². The van der Waals surface area contributed by atoms with E-state index in [1.54, 1.807) is 0 Å². The van der Waals surface area contributed by atoms with Gasteiger partial charge in [0.1, 0.15) is 0 Å². The Morgan fingerprint density at radius 3 is 2.64 bits per heavy atom. The average Bonchev–Trinajstić information content (AvgIpc) is 2.62. The highest BCUT2D eigenvalue weighted by atomic mass is 16.3. The maximum Gasteiger partial charge on any atom is 0.0459 e. The van der Waals surface area contributed by atoms with Crippen molar-refractivity contribution in [2.45, 2.75) is 32.6 Å². The third-order valence-electron chi connectivity index (χ3n) is 3.81. The summed E-state index contributed by atoms with van der Waals surface area (Å²) in [6.45, 7) is 2.60. The molecule has 0 aromatic heterocycles. The van der Waals surface area contributed by atoms with Crippen molar-refractivity contribution < 1.29 is 5.11 Å². The third kappa shape index (κ3) is 1.20. The Labute approximate surface area is 68.8 Å². The Morgan fingerprint density at radius 1 is 1.36 bits per heavy atom. The van der Waals surface area contributed by atoms with Crippen molar-refractivity contribution in [2.75, 3.05) is 6.61 Å². The van der Waals surface area contributed by atoms with Crippen LogP contribution in [0.4, 0.5) is 0 Å². The van der Waals surface area contributed by atoms with Crippen molar-refractivity contribution in [2.24, 2.45) is 23.7 Å². The van der Waals surface area contributed by atoms with E-state index in [1.807, 2.05) is 0 Å². The van der Waals surface area contributed by atoms with Crippen molar-refractivity contribution in [1.29, 1.82) is 0 Å². The maximum atomic E-state index is 9.02. The number of aliphatic hydroxyl groups is 1. The molecule has 0 amide bonds. The molecule has 1 nitrogen and oxygen atoms in total. The summed E-state index contributed by atoms with van der Waals surface area (Å²) in [5.41, 5.74) is 0. The molecule has 2 aliphatic rings. The summed E-state index contributed by atoms with van der Waals surface area (Å²) in [7, 11) is 0. The van der Waals surface area contributed by atoms with Crippen LogP contribution in [0.25, 0.3) is 0 Å². The predicted molar refractivity (Wildman–Crippen MR) is 45.2 cm³/mol. The van der Waals surface area contributed by atoms with Gasteiger partial charge in [0.2, 0.25) is 0 Å². The van der Waals surface area contributed by atoms with E-state index in [-0.39, 0.29) is 0 Å². The van der Waals surface area contributed by atoms with Gasteiger partial charge in [0.15, 0.2) is 0 Å². The predicted octanol–water partition coefficient (Wildman–Crippen LogP) is 2.05. The summed E-state index contributed by atoms with van der Waals surface area (Å²) in [5.74, 6) is 3.42. The van der Waals surface area contributed by atoms with Crippen molar-refractivity contribution in [3.8, 4) is 0 Å². The fourth-order valence-electron chi connectivity index (χ4n) is 3.13. The third-order valence-corrected chi connectivity index (χ3v) is 3.81. The van der Waals surface area contributed by atoms with Gasteiger partial charge in [-0.15, -0.1) is 0 Å². The van der Waals surface area contributed by atoms with Crippen molar-refractivity contribution in [3.63, 3.8) is 0 Å². The second kappa shape index (κ2) is 2.78. The van der Waals surface area contributed by atoms with Gasteiger partial charge >= 0.3 is 0 Å². The molecule has 4 atom stereocenters. The number of hydrogen-bond donors (Lipinski definition) is 1. The van der Waals surface area contributed by atoms with Crippen LogP contribution < -0.4 is 0 Å². The normalized spacial score (nSPS) is 44.7. The Balaban J connectivity index is 1.96. The molecular formula is C10H18O. The van der Waals surface area contributed by atoms with Crippen LogP contribution in [-0.2, 0) is 0 Å². The van der Waals surface area contributed by atoms with Gasteiger partial charge in [0.25, 0.3) is 0 Å². The Bertz CT molecular complexity index is 144. The number of aliphatic hydroxyl groups excluding tert-OH is 1. The van der Waals surface area contributed by atoms with E-state index in [9.17, 15) is 0 Å². The molecule has 2 aliphatic carbocycles. The fourth-order valence-corrected chi connectivity index (χ4v) is 3.13. The van der Waals surface area contributed by atoms with Gasteiger partial charge in [-0.1, -0.05) is 13.3 Å². The summed E-state index contributed by atoms with van der Waals surface area (Å²) < 4.78 is 0. The van der Waals surface area contributed by atoms with Crippen LogP contribution in [0.2, 0.25) is 0 Å². The molecule has 2 fully saturated rings. The van der Waals surface area contributed by atoms with Gasteiger partial charge in [0, 0.05) is 6.61 Å². The smallest absolute Gasteiger partial charge is 0.0459 e. The molecular weight excluding hydrogens is 136 g/mol. The van der Waals surface area contributed by atoms with Crippen LogP contribution in [0.15, 0.2) is 0 Å². The molecule has 0 saturated heterocycles. The van der Waals surface area contributed by atoms with E-state index < -0.39 is 0 Å². The Morgan fingerprint density at radius 2 is 2.18 bits per heavy atom. The van der Waals surface area contributed by atoms with E-state index in [0.29, 0.717) is 12.5 Å². The summed E-state index contributed by atoms with van der Waals surface area (Å²) in [6, 6.07) is 0. The van der Waals surface area contributed by atoms with Crippen LogP contribution >= 0.6 is 0 Å². The second-order valence-electron chi connectivity index (χ2n) is 4.50. The topological polar surface area (TPSA) is 20.2 Å². The lowest BCUT2D eigenvalue weighted by molar-refractivity contribution is 0.149. The largest absolute Gasteiger partial charge is 0.396 e. The van der Waals surface area contributed by atoms with E-state index in [1.165, 1.54) is 25.7 Å². The van der Waals surface area contributed by atoms with Gasteiger partial charge in [-0.2, -0.15) is 0 Å². The van der Waals surface area contributed by atoms with E-state index in [4.69, 9.17) is 5.11 Å². The van der Waals surface area contributed by atoms with Crippen molar-refractivity contribution in [1.82, 2.24) is 0 Å². The standard InChI is InChI=1S/C10H18O/c1-7(6-11)10-5-8-2-3-9(10)4-8/h7-11H,2-6H2,1H3/t7-,8?,9?,10?/m0/s1. The molecule has 0 radical (unpaired) electrons. The molecule has 0 aliphatic heterocycles. The van der Waals surface area contributed by atoms with Crippen LogP contribution in [0.3, 0.4) is 0 Å². The van der Waals surface area contributed by atoms with Crippen molar-refractivity contribution >= 4 is 0 Å². The SMILES string of the molecule is C[C@@H](CO)C1CC2CCC1C2. The lowest BCUT2D eigenvalue weighted by Crippen LogP contribution is -2.21. The molecule has 0 spiro atoms. The number of fused-ring (bicyclic) bond motifs is 2. The summed E-state index contributed by atoms with van der Waals surface area (Å²) in [5, 5.41) is 9.02. The van der Waals surface area contributed by atoms with Crippen molar-refractivity contribution in [3.05, 3.63) is 0 Å². The van der Waals surface area contributed by atoms with Crippen LogP contribution in [0, 0.1) is 23.7 Å². The van der Waals surface area contributed by atoms with Gasteiger partial charge in [0.05, 0.1) is 0 Å². The van der Waals surface area contributed by atoms with E-state index in [2.05, 4.69) is 6.92 Å².